The Hall–Kier alpha value is -0.917. The van der Waals surface area contributed by atoms with Crippen LogP contribution in [-0.4, -0.2) is 9.79 Å². The summed E-state index contributed by atoms with van der Waals surface area (Å²) < 4.78 is 8.70. The van der Waals surface area contributed by atoms with Crippen molar-refractivity contribution in [1.82, 2.24) is 0 Å². The SMILES string of the molecule is O=[P+](O)O.[Zn+2].[c-]1ccccc1.[c-]1ccccc1. The Morgan fingerprint density at radius 3 is 1.00 bits per heavy atom. The van der Waals surface area contributed by atoms with Crippen molar-refractivity contribution >= 4 is 8.25 Å². The van der Waals surface area contributed by atoms with Crippen molar-refractivity contribution in [3.05, 3.63) is 72.8 Å². The van der Waals surface area contributed by atoms with Crippen LogP contribution in [0.3, 0.4) is 0 Å². The van der Waals surface area contributed by atoms with E-state index < -0.39 is 8.25 Å². The molecule has 0 fully saturated rings. The molecule has 5 heteroatoms. The van der Waals surface area contributed by atoms with Gasteiger partial charge in [0, 0.05) is 4.57 Å². The Bertz CT molecular complexity index is 268. The molecule has 0 heterocycles. The summed E-state index contributed by atoms with van der Waals surface area (Å²) >= 11 is 0. The van der Waals surface area contributed by atoms with E-state index in [0.29, 0.717) is 0 Å². The summed E-state index contributed by atoms with van der Waals surface area (Å²) in [6.07, 6.45) is 0. The van der Waals surface area contributed by atoms with Crippen molar-refractivity contribution in [2.24, 2.45) is 0 Å². The van der Waals surface area contributed by atoms with E-state index in [2.05, 4.69) is 12.1 Å². The maximum atomic E-state index is 8.70. The van der Waals surface area contributed by atoms with Gasteiger partial charge in [-0.2, -0.15) is 72.8 Å². The average Bonchev–Trinajstić information content (AvgIpc) is 2.34. The second-order valence-electron chi connectivity index (χ2n) is 2.41. The van der Waals surface area contributed by atoms with Crippen LogP contribution in [0.25, 0.3) is 0 Å². The monoisotopic (exact) mass is 299 g/mol. The van der Waals surface area contributed by atoms with Gasteiger partial charge in [-0.3, -0.25) is 0 Å². The van der Waals surface area contributed by atoms with Gasteiger partial charge in [0.1, 0.15) is 0 Å². The first kappa shape index (κ1) is 18.4. The molecule has 84 valence electrons. The van der Waals surface area contributed by atoms with Crippen LogP contribution in [0.1, 0.15) is 0 Å². The first-order valence-electron chi connectivity index (χ1n) is 4.40. The molecule has 0 aliphatic carbocycles. The Balaban J connectivity index is 0. The molecule has 0 unspecified atom stereocenters. The number of hydrogen-bond donors (Lipinski definition) is 2. The van der Waals surface area contributed by atoms with Crippen LogP contribution in [0, 0.1) is 12.1 Å². The summed E-state index contributed by atoms with van der Waals surface area (Å²) in [5.41, 5.74) is 0. The zero-order chi connectivity index (χ0) is 12.1. The van der Waals surface area contributed by atoms with Crippen LogP contribution < -0.4 is 0 Å². The van der Waals surface area contributed by atoms with Crippen LogP contribution in [0.2, 0.25) is 0 Å². The van der Waals surface area contributed by atoms with E-state index in [9.17, 15) is 0 Å². The van der Waals surface area contributed by atoms with Gasteiger partial charge >= 0.3 is 27.7 Å². The second-order valence-corrected chi connectivity index (χ2v) is 2.91. The molecule has 17 heavy (non-hydrogen) atoms. The average molecular weight is 301 g/mol. The van der Waals surface area contributed by atoms with E-state index in [1.807, 2.05) is 60.7 Å². The van der Waals surface area contributed by atoms with E-state index in [-0.39, 0.29) is 19.5 Å². The molecule has 2 aromatic carbocycles. The minimum atomic E-state index is -2.87. The molecule has 0 aliphatic heterocycles. The quantitative estimate of drug-likeness (QED) is 0.447. The zero-order valence-electron chi connectivity index (χ0n) is 9.23. The van der Waals surface area contributed by atoms with Gasteiger partial charge in [-0.15, -0.1) is 9.79 Å². The first-order chi connectivity index (χ1) is 7.73. The van der Waals surface area contributed by atoms with Gasteiger partial charge in [0.05, 0.1) is 0 Å². The standard InChI is InChI=1S/2C6H5.HO3P.Zn/c2*1-2-4-6-5-3-1;1-4(2)3;/h2*1-5H;(H-,1,2,3);/q2*-1;;+2/p+1. The molecule has 2 rings (SSSR count). The molecule has 2 aromatic rings. The third-order valence-corrected chi connectivity index (χ3v) is 1.21. The van der Waals surface area contributed by atoms with Crippen LogP contribution in [0.4, 0.5) is 0 Å². The Morgan fingerprint density at radius 1 is 0.706 bits per heavy atom. The molecule has 0 bridgehead atoms. The largest absolute Gasteiger partial charge is 2.00 e. The summed E-state index contributed by atoms with van der Waals surface area (Å²) in [6.45, 7) is 0. The van der Waals surface area contributed by atoms with Gasteiger partial charge < -0.3 is 0 Å². The second kappa shape index (κ2) is 15.1. The Morgan fingerprint density at radius 2 is 0.941 bits per heavy atom. The predicted molar refractivity (Wildman–Crippen MR) is 62.6 cm³/mol. The van der Waals surface area contributed by atoms with Gasteiger partial charge in [0.25, 0.3) is 0 Å². The van der Waals surface area contributed by atoms with Gasteiger partial charge in [-0.25, -0.2) is 0 Å². The predicted octanol–water partition coefficient (Wildman–Crippen LogP) is 2.60. The van der Waals surface area contributed by atoms with Crippen molar-refractivity contribution < 1.29 is 33.8 Å². The molecule has 0 aromatic heterocycles. The van der Waals surface area contributed by atoms with Crippen LogP contribution in [0.15, 0.2) is 60.7 Å². The molecule has 0 radical (unpaired) electrons. The van der Waals surface area contributed by atoms with E-state index >= 15 is 0 Å². The summed E-state index contributed by atoms with van der Waals surface area (Å²) in [5, 5.41) is 0. The molecule has 0 atom stereocenters. The summed E-state index contributed by atoms with van der Waals surface area (Å²) in [7, 11) is -2.87. The molecule has 0 spiro atoms. The molecule has 0 aliphatic rings. The third kappa shape index (κ3) is 21.0. The first-order valence-corrected chi connectivity index (χ1v) is 5.57. The molecular formula is C12H12O3PZn+. The fourth-order valence-electron chi connectivity index (χ4n) is 0.684. The van der Waals surface area contributed by atoms with Crippen molar-refractivity contribution in [1.29, 1.82) is 0 Å². The fraction of sp³-hybridized carbons (Fsp3) is 0. The maximum absolute atomic E-state index is 8.70. The topological polar surface area (TPSA) is 57.5 Å². The molecule has 0 saturated carbocycles. The maximum Gasteiger partial charge on any atom is 2.00 e. The van der Waals surface area contributed by atoms with Crippen LogP contribution in [-0.2, 0) is 24.0 Å². The Kier molecular flexibility index (Phi) is 16.4. The van der Waals surface area contributed by atoms with Gasteiger partial charge in [-0.05, 0) is 0 Å². The van der Waals surface area contributed by atoms with Gasteiger partial charge in [-0.1, -0.05) is 0 Å². The summed E-state index contributed by atoms with van der Waals surface area (Å²) in [4.78, 5) is 14.2. The van der Waals surface area contributed by atoms with Crippen molar-refractivity contribution in [3.63, 3.8) is 0 Å². The summed E-state index contributed by atoms with van der Waals surface area (Å²) in [5.74, 6) is 0. The normalized spacial score (nSPS) is 7.18. The van der Waals surface area contributed by atoms with Gasteiger partial charge in [0.15, 0.2) is 0 Å². The van der Waals surface area contributed by atoms with Crippen molar-refractivity contribution in [2.75, 3.05) is 0 Å². The van der Waals surface area contributed by atoms with Crippen LogP contribution in [0.5, 0.6) is 0 Å². The Labute approximate surface area is 115 Å². The third-order valence-electron chi connectivity index (χ3n) is 1.21. The van der Waals surface area contributed by atoms with E-state index in [1.165, 1.54) is 0 Å². The number of benzene rings is 2. The number of hydrogen-bond acceptors (Lipinski definition) is 1. The van der Waals surface area contributed by atoms with E-state index in [1.54, 1.807) is 0 Å². The summed E-state index contributed by atoms with van der Waals surface area (Å²) in [6, 6.07) is 25.0. The molecule has 2 N–H and O–H groups in total. The molecule has 0 saturated heterocycles. The van der Waals surface area contributed by atoms with Crippen molar-refractivity contribution in [2.45, 2.75) is 0 Å². The smallest absolute Gasteiger partial charge is 0.184 e. The van der Waals surface area contributed by atoms with Crippen LogP contribution >= 0.6 is 8.25 Å². The fourth-order valence-corrected chi connectivity index (χ4v) is 0.684. The van der Waals surface area contributed by atoms with Crippen molar-refractivity contribution in [3.8, 4) is 0 Å². The van der Waals surface area contributed by atoms with E-state index in [0.717, 1.165) is 0 Å². The minimum absolute atomic E-state index is 0. The number of rotatable bonds is 0. The molecule has 0 amide bonds. The molecule has 3 nitrogen and oxygen atoms in total. The molecular weight excluding hydrogens is 288 g/mol. The van der Waals surface area contributed by atoms with E-state index in [4.69, 9.17) is 14.4 Å². The minimum Gasteiger partial charge on any atom is -0.184 e. The van der Waals surface area contributed by atoms with Gasteiger partial charge in [0.2, 0.25) is 0 Å². The zero-order valence-corrected chi connectivity index (χ0v) is 13.1.